The van der Waals surface area contributed by atoms with Crippen molar-refractivity contribution in [1.82, 2.24) is 0 Å². The minimum absolute atomic E-state index is 0.0466. The number of carboxylic acid groups (broad SMARTS) is 1. The number of carboxylic acids is 1. The van der Waals surface area contributed by atoms with Crippen LogP contribution in [0.1, 0.15) is 12.8 Å². The van der Waals surface area contributed by atoms with Crippen molar-refractivity contribution in [2.75, 3.05) is 39.6 Å². The Kier molecular flexibility index (Phi) is 8.01. The molecule has 29 heavy (non-hydrogen) atoms. The van der Waals surface area contributed by atoms with Gasteiger partial charge in [-0.15, -0.1) is 0 Å². The minimum Gasteiger partial charge on any atom is -0.489 e. The highest BCUT2D eigenvalue weighted by Crippen LogP contribution is 2.29. The lowest BCUT2D eigenvalue weighted by Crippen LogP contribution is -2.22. The van der Waals surface area contributed by atoms with Crippen LogP contribution in [-0.4, -0.2) is 50.7 Å². The van der Waals surface area contributed by atoms with Crippen molar-refractivity contribution in [2.24, 2.45) is 5.92 Å². The minimum atomic E-state index is -0.843. The molecule has 0 saturated heterocycles. The molecule has 156 valence electrons. The molecule has 1 aliphatic heterocycles. The van der Waals surface area contributed by atoms with Crippen molar-refractivity contribution in [3.8, 4) is 23.0 Å². The topological polar surface area (TPSA) is 83.5 Å². The number of ether oxygens (including phenoxy) is 5. The lowest BCUT2D eigenvalue weighted by Gasteiger charge is -2.20. The molecule has 7 nitrogen and oxygen atoms in total. The van der Waals surface area contributed by atoms with E-state index in [9.17, 15) is 4.79 Å². The van der Waals surface area contributed by atoms with Crippen molar-refractivity contribution < 1.29 is 33.6 Å². The molecular formula is C22H26O7. The third-order valence-electron chi connectivity index (χ3n) is 4.38. The molecule has 2 aromatic carbocycles. The van der Waals surface area contributed by atoms with Gasteiger partial charge in [0.2, 0.25) is 0 Å². The van der Waals surface area contributed by atoms with E-state index in [0.29, 0.717) is 69.1 Å². The standard InChI is InChI=1S/C22H26O7/c23-22(24)10-9-17-15-28-20-7-3-1-5-18(20)26-13-11-25-12-14-27-19-6-2-4-8-21(19)29-16-17/h1-8,17H,9-16H2,(H,23,24). The van der Waals surface area contributed by atoms with Gasteiger partial charge in [0.1, 0.15) is 13.2 Å². The Morgan fingerprint density at radius 1 is 0.759 bits per heavy atom. The summed E-state index contributed by atoms with van der Waals surface area (Å²) in [6.07, 6.45) is 0.486. The van der Waals surface area contributed by atoms with E-state index in [1.165, 1.54) is 0 Å². The maximum atomic E-state index is 11.0. The summed E-state index contributed by atoms with van der Waals surface area (Å²) in [6.45, 7) is 2.26. The molecule has 1 N–H and O–H groups in total. The summed E-state index contributed by atoms with van der Waals surface area (Å²) in [4.78, 5) is 11.0. The summed E-state index contributed by atoms with van der Waals surface area (Å²) in [5, 5.41) is 9.06. The molecule has 1 heterocycles. The molecule has 0 saturated carbocycles. The predicted octanol–water partition coefficient (Wildman–Crippen LogP) is 3.41. The van der Waals surface area contributed by atoms with Crippen molar-refractivity contribution >= 4 is 5.97 Å². The predicted molar refractivity (Wildman–Crippen MR) is 106 cm³/mol. The van der Waals surface area contributed by atoms with E-state index < -0.39 is 5.97 Å². The number of hydrogen-bond acceptors (Lipinski definition) is 6. The first-order valence-corrected chi connectivity index (χ1v) is 9.71. The van der Waals surface area contributed by atoms with Crippen molar-refractivity contribution in [2.45, 2.75) is 12.8 Å². The average molecular weight is 402 g/mol. The summed E-state index contributed by atoms with van der Waals surface area (Å²) in [6, 6.07) is 14.8. The summed E-state index contributed by atoms with van der Waals surface area (Å²) in [5.41, 5.74) is 0. The van der Waals surface area contributed by atoms with Gasteiger partial charge in [-0.25, -0.2) is 0 Å². The zero-order valence-corrected chi connectivity index (χ0v) is 16.2. The summed E-state index contributed by atoms with van der Waals surface area (Å²) < 4.78 is 29.0. The first kappa shape index (κ1) is 20.8. The largest absolute Gasteiger partial charge is 0.489 e. The second-order valence-corrected chi connectivity index (χ2v) is 6.62. The highest BCUT2D eigenvalue weighted by atomic mass is 16.6. The van der Waals surface area contributed by atoms with E-state index in [2.05, 4.69) is 0 Å². The van der Waals surface area contributed by atoms with E-state index in [-0.39, 0.29) is 12.3 Å². The summed E-state index contributed by atoms with van der Waals surface area (Å²) in [5.74, 6) is 1.53. The van der Waals surface area contributed by atoms with Crippen molar-refractivity contribution in [3.63, 3.8) is 0 Å². The third-order valence-corrected chi connectivity index (χ3v) is 4.38. The number of aliphatic carboxylic acids is 1. The molecule has 0 aromatic heterocycles. The fourth-order valence-corrected chi connectivity index (χ4v) is 2.86. The number of carbonyl (C=O) groups is 1. The SMILES string of the molecule is O=C(O)CCC1COc2ccccc2OCCOCCOc2ccccc2OC1. The van der Waals surface area contributed by atoms with Gasteiger partial charge in [-0.2, -0.15) is 0 Å². The van der Waals surface area contributed by atoms with Crippen LogP contribution >= 0.6 is 0 Å². The van der Waals surface area contributed by atoms with Gasteiger partial charge in [-0.3, -0.25) is 4.79 Å². The number of rotatable bonds is 3. The zero-order chi connectivity index (χ0) is 20.3. The van der Waals surface area contributed by atoms with Crippen LogP contribution in [0.15, 0.2) is 48.5 Å². The van der Waals surface area contributed by atoms with Crippen LogP contribution in [0.4, 0.5) is 0 Å². The summed E-state index contributed by atoms with van der Waals surface area (Å²) in [7, 11) is 0. The Hall–Kier alpha value is -2.93. The highest BCUT2D eigenvalue weighted by Gasteiger charge is 2.16. The van der Waals surface area contributed by atoms with E-state index in [1.807, 2.05) is 48.5 Å². The van der Waals surface area contributed by atoms with Gasteiger partial charge in [-0.05, 0) is 30.7 Å². The number of benzene rings is 2. The Balaban J connectivity index is 1.74. The molecular weight excluding hydrogens is 376 g/mol. The second-order valence-electron chi connectivity index (χ2n) is 6.62. The zero-order valence-electron chi connectivity index (χ0n) is 16.2. The molecule has 0 amide bonds. The van der Waals surface area contributed by atoms with Crippen LogP contribution in [0.25, 0.3) is 0 Å². The van der Waals surface area contributed by atoms with Crippen LogP contribution in [0, 0.1) is 5.92 Å². The average Bonchev–Trinajstić information content (AvgIpc) is 2.73. The molecule has 0 spiro atoms. The Labute approximate surface area is 170 Å². The van der Waals surface area contributed by atoms with E-state index in [0.717, 1.165) is 0 Å². The molecule has 0 unspecified atom stereocenters. The van der Waals surface area contributed by atoms with Gasteiger partial charge in [-0.1, -0.05) is 24.3 Å². The smallest absolute Gasteiger partial charge is 0.303 e. The number of para-hydroxylation sites is 4. The third kappa shape index (κ3) is 6.87. The van der Waals surface area contributed by atoms with Crippen LogP contribution in [-0.2, 0) is 9.53 Å². The van der Waals surface area contributed by atoms with Crippen LogP contribution < -0.4 is 18.9 Å². The molecule has 0 bridgehead atoms. The first-order valence-electron chi connectivity index (χ1n) is 9.71. The Morgan fingerprint density at radius 3 is 1.66 bits per heavy atom. The normalized spacial score (nSPS) is 16.1. The molecule has 0 aliphatic carbocycles. The van der Waals surface area contributed by atoms with Crippen LogP contribution in [0.5, 0.6) is 23.0 Å². The van der Waals surface area contributed by atoms with Crippen LogP contribution in [0.2, 0.25) is 0 Å². The quantitative estimate of drug-likeness (QED) is 0.842. The Morgan fingerprint density at radius 2 is 1.21 bits per heavy atom. The number of hydrogen-bond donors (Lipinski definition) is 1. The van der Waals surface area contributed by atoms with Gasteiger partial charge in [0.05, 0.1) is 26.4 Å². The Bertz CT molecular complexity index is 722. The lowest BCUT2D eigenvalue weighted by molar-refractivity contribution is -0.137. The molecule has 2 aromatic rings. The van der Waals surface area contributed by atoms with E-state index in [1.54, 1.807) is 0 Å². The molecule has 0 atom stereocenters. The highest BCUT2D eigenvalue weighted by molar-refractivity contribution is 5.66. The molecule has 0 fully saturated rings. The van der Waals surface area contributed by atoms with Gasteiger partial charge >= 0.3 is 5.97 Å². The fraction of sp³-hybridized carbons (Fsp3) is 0.409. The van der Waals surface area contributed by atoms with Gasteiger partial charge in [0.15, 0.2) is 23.0 Å². The molecule has 7 heteroatoms. The second kappa shape index (κ2) is 11.2. The molecule has 3 rings (SSSR count). The monoisotopic (exact) mass is 402 g/mol. The van der Waals surface area contributed by atoms with Gasteiger partial charge < -0.3 is 28.8 Å². The van der Waals surface area contributed by atoms with E-state index in [4.69, 9.17) is 28.8 Å². The van der Waals surface area contributed by atoms with Crippen LogP contribution in [0.3, 0.4) is 0 Å². The van der Waals surface area contributed by atoms with Gasteiger partial charge in [0, 0.05) is 12.3 Å². The summed E-state index contributed by atoms with van der Waals surface area (Å²) >= 11 is 0. The van der Waals surface area contributed by atoms with E-state index >= 15 is 0 Å². The molecule has 0 radical (unpaired) electrons. The molecule has 1 aliphatic rings. The first-order chi connectivity index (χ1) is 14.2. The van der Waals surface area contributed by atoms with Crippen molar-refractivity contribution in [3.05, 3.63) is 48.5 Å². The lowest BCUT2D eigenvalue weighted by atomic mass is 10.1. The van der Waals surface area contributed by atoms with Gasteiger partial charge in [0.25, 0.3) is 0 Å². The maximum Gasteiger partial charge on any atom is 0.303 e. The van der Waals surface area contributed by atoms with Crippen molar-refractivity contribution in [1.29, 1.82) is 0 Å². The maximum absolute atomic E-state index is 11.0. The fourth-order valence-electron chi connectivity index (χ4n) is 2.86. The number of fused-ring (bicyclic) bond motifs is 2.